The standard InChI is InChI=1S/C11H11ClN4O2S/c1-7(8-3-2-4-9(12)5-8)16-11(13-14-15-16)19-6-10(17)18/h2-5,7H,6H2,1H3,(H,17,18). The molecule has 1 heterocycles. The predicted molar refractivity (Wildman–Crippen MR) is 71.4 cm³/mol. The minimum Gasteiger partial charge on any atom is -0.481 e. The number of benzene rings is 1. The molecule has 19 heavy (non-hydrogen) atoms. The Kier molecular flexibility index (Phi) is 4.39. The fraction of sp³-hybridized carbons (Fsp3) is 0.273. The number of halogens is 1. The monoisotopic (exact) mass is 298 g/mol. The predicted octanol–water partition coefficient (Wildman–Crippen LogP) is 2.11. The van der Waals surface area contributed by atoms with Gasteiger partial charge in [-0.2, -0.15) is 0 Å². The number of carboxylic acid groups (broad SMARTS) is 1. The molecular weight excluding hydrogens is 288 g/mol. The van der Waals surface area contributed by atoms with Crippen molar-refractivity contribution in [2.45, 2.75) is 18.1 Å². The topological polar surface area (TPSA) is 80.9 Å². The highest BCUT2D eigenvalue weighted by Gasteiger charge is 2.16. The molecule has 1 unspecified atom stereocenters. The summed E-state index contributed by atoms with van der Waals surface area (Å²) in [4.78, 5) is 10.6. The molecule has 0 amide bonds. The third kappa shape index (κ3) is 3.45. The molecule has 8 heteroatoms. The number of hydrogen-bond donors (Lipinski definition) is 1. The van der Waals surface area contributed by atoms with Crippen molar-refractivity contribution in [2.75, 3.05) is 5.75 Å². The van der Waals surface area contributed by atoms with Gasteiger partial charge in [0.25, 0.3) is 0 Å². The first-order valence-electron chi connectivity index (χ1n) is 5.46. The molecule has 1 aromatic carbocycles. The first-order chi connectivity index (χ1) is 9.08. The first kappa shape index (κ1) is 13.8. The van der Waals surface area contributed by atoms with E-state index in [2.05, 4.69) is 15.5 Å². The smallest absolute Gasteiger partial charge is 0.313 e. The van der Waals surface area contributed by atoms with Crippen LogP contribution >= 0.6 is 23.4 Å². The molecule has 0 bridgehead atoms. The third-order valence-electron chi connectivity index (χ3n) is 2.49. The molecule has 0 saturated heterocycles. The summed E-state index contributed by atoms with van der Waals surface area (Å²) in [6, 6.07) is 7.27. The quantitative estimate of drug-likeness (QED) is 0.852. The van der Waals surface area contributed by atoms with Crippen LogP contribution in [-0.2, 0) is 4.79 Å². The molecular formula is C11H11ClN4O2S. The van der Waals surface area contributed by atoms with Crippen LogP contribution in [0.25, 0.3) is 0 Å². The van der Waals surface area contributed by atoms with E-state index in [-0.39, 0.29) is 11.8 Å². The maximum atomic E-state index is 10.6. The van der Waals surface area contributed by atoms with Crippen LogP contribution in [0.4, 0.5) is 0 Å². The average Bonchev–Trinajstić information content (AvgIpc) is 2.83. The van der Waals surface area contributed by atoms with Crippen molar-refractivity contribution in [1.82, 2.24) is 20.2 Å². The summed E-state index contributed by atoms with van der Waals surface area (Å²) in [5.41, 5.74) is 0.956. The Balaban J connectivity index is 2.22. The van der Waals surface area contributed by atoms with E-state index in [1.54, 1.807) is 10.7 Å². The van der Waals surface area contributed by atoms with Gasteiger partial charge in [-0.05, 0) is 35.0 Å². The van der Waals surface area contributed by atoms with Gasteiger partial charge in [0.1, 0.15) is 0 Å². The number of hydrogen-bond acceptors (Lipinski definition) is 5. The summed E-state index contributed by atoms with van der Waals surface area (Å²) in [6.45, 7) is 1.92. The molecule has 2 rings (SSSR count). The van der Waals surface area contributed by atoms with Crippen molar-refractivity contribution >= 4 is 29.3 Å². The number of nitrogens with zero attached hydrogens (tertiary/aromatic N) is 4. The molecule has 0 radical (unpaired) electrons. The molecule has 1 atom stereocenters. The van der Waals surface area contributed by atoms with Crippen LogP contribution in [0.3, 0.4) is 0 Å². The minimum atomic E-state index is -0.907. The summed E-state index contributed by atoms with van der Waals surface area (Å²) in [6.07, 6.45) is 0. The summed E-state index contributed by atoms with van der Waals surface area (Å²) < 4.78 is 1.58. The Morgan fingerprint density at radius 3 is 3.05 bits per heavy atom. The van der Waals surface area contributed by atoms with Crippen molar-refractivity contribution < 1.29 is 9.90 Å². The number of thioether (sulfide) groups is 1. The summed E-state index contributed by atoms with van der Waals surface area (Å²) in [5, 5.41) is 21.1. The van der Waals surface area contributed by atoms with E-state index in [1.165, 1.54) is 0 Å². The summed E-state index contributed by atoms with van der Waals surface area (Å²) in [5.74, 6) is -0.988. The second kappa shape index (κ2) is 6.03. The Hall–Kier alpha value is -1.60. The molecule has 100 valence electrons. The fourth-order valence-electron chi connectivity index (χ4n) is 1.56. The molecule has 0 spiro atoms. The molecule has 0 aliphatic carbocycles. The lowest BCUT2D eigenvalue weighted by molar-refractivity contribution is -0.133. The van der Waals surface area contributed by atoms with E-state index in [9.17, 15) is 4.79 Å². The van der Waals surface area contributed by atoms with Gasteiger partial charge in [0.15, 0.2) is 0 Å². The van der Waals surface area contributed by atoms with E-state index >= 15 is 0 Å². The van der Waals surface area contributed by atoms with E-state index in [4.69, 9.17) is 16.7 Å². The van der Waals surface area contributed by atoms with Crippen LogP contribution in [0.15, 0.2) is 29.4 Å². The van der Waals surface area contributed by atoms with Crippen LogP contribution in [0.5, 0.6) is 0 Å². The third-order valence-corrected chi connectivity index (χ3v) is 3.64. The van der Waals surface area contributed by atoms with Crippen molar-refractivity contribution in [3.63, 3.8) is 0 Å². The summed E-state index contributed by atoms with van der Waals surface area (Å²) in [7, 11) is 0. The zero-order valence-electron chi connectivity index (χ0n) is 10.0. The highest BCUT2D eigenvalue weighted by molar-refractivity contribution is 7.99. The normalized spacial score (nSPS) is 12.3. The van der Waals surface area contributed by atoms with E-state index in [0.29, 0.717) is 10.2 Å². The summed E-state index contributed by atoms with van der Waals surface area (Å²) >= 11 is 7.03. The highest BCUT2D eigenvalue weighted by Crippen LogP contribution is 2.24. The Labute approximate surface area is 118 Å². The Morgan fingerprint density at radius 1 is 1.58 bits per heavy atom. The number of tetrazole rings is 1. The second-order valence-corrected chi connectivity index (χ2v) is 5.20. The fourth-order valence-corrected chi connectivity index (χ4v) is 2.43. The van der Waals surface area contributed by atoms with Crippen LogP contribution < -0.4 is 0 Å². The molecule has 1 aromatic heterocycles. The van der Waals surface area contributed by atoms with Crippen molar-refractivity contribution in [3.05, 3.63) is 34.9 Å². The van der Waals surface area contributed by atoms with E-state index < -0.39 is 5.97 Å². The molecule has 0 fully saturated rings. The zero-order chi connectivity index (χ0) is 13.8. The van der Waals surface area contributed by atoms with Gasteiger partial charge in [0.2, 0.25) is 5.16 Å². The van der Waals surface area contributed by atoms with Gasteiger partial charge in [-0.25, -0.2) is 4.68 Å². The van der Waals surface area contributed by atoms with Gasteiger partial charge in [0, 0.05) is 5.02 Å². The number of rotatable bonds is 5. The van der Waals surface area contributed by atoms with E-state index in [1.807, 2.05) is 25.1 Å². The van der Waals surface area contributed by atoms with Crippen molar-refractivity contribution in [2.24, 2.45) is 0 Å². The number of aromatic nitrogens is 4. The Morgan fingerprint density at radius 2 is 2.37 bits per heavy atom. The van der Waals surface area contributed by atoms with Gasteiger partial charge in [0.05, 0.1) is 11.8 Å². The maximum absolute atomic E-state index is 10.6. The molecule has 0 aliphatic rings. The molecule has 0 aliphatic heterocycles. The molecule has 6 nitrogen and oxygen atoms in total. The average molecular weight is 299 g/mol. The van der Waals surface area contributed by atoms with Crippen LogP contribution in [0.1, 0.15) is 18.5 Å². The maximum Gasteiger partial charge on any atom is 0.313 e. The largest absolute Gasteiger partial charge is 0.481 e. The van der Waals surface area contributed by atoms with Gasteiger partial charge in [-0.3, -0.25) is 4.79 Å². The van der Waals surface area contributed by atoms with Crippen molar-refractivity contribution in [3.8, 4) is 0 Å². The molecule has 2 aromatic rings. The minimum absolute atomic E-state index is 0.0807. The molecule has 1 N–H and O–H groups in total. The lowest BCUT2D eigenvalue weighted by Gasteiger charge is -2.13. The number of aliphatic carboxylic acids is 1. The lowest BCUT2D eigenvalue weighted by atomic mass is 10.1. The lowest BCUT2D eigenvalue weighted by Crippen LogP contribution is -2.11. The SMILES string of the molecule is CC(c1cccc(Cl)c1)n1nnnc1SCC(=O)O. The van der Waals surface area contributed by atoms with Crippen LogP contribution in [0.2, 0.25) is 5.02 Å². The van der Waals surface area contributed by atoms with Gasteiger partial charge in [-0.1, -0.05) is 35.5 Å². The number of carboxylic acids is 1. The van der Waals surface area contributed by atoms with Gasteiger partial charge >= 0.3 is 5.97 Å². The van der Waals surface area contributed by atoms with Gasteiger partial charge < -0.3 is 5.11 Å². The van der Waals surface area contributed by atoms with Crippen molar-refractivity contribution in [1.29, 1.82) is 0 Å². The van der Waals surface area contributed by atoms with Gasteiger partial charge in [-0.15, -0.1) is 5.10 Å². The zero-order valence-corrected chi connectivity index (χ0v) is 11.6. The molecule has 0 saturated carbocycles. The van der Waals surface area contributed by atoms with E-state index in [0.717, 1.165) is 17.3 Å². The number of carbonyl (C=O) groups is 1. The first-order valence-corrected chi connectivity index (χ1v) is 6.82. The van der Waals surface area contributed by atoms with Crippen LogP contribution in [-0.4, -0.2) is 37.0 Å². The highest BCUT2D eigenvalue weighted by atomic mass is 35.5. The Bertz CT molecular complexity index is 590. The second-order valence-electron chi connectivity index (χ2n) is 3.82. The van der Waals surface area contributed by atoms with Crippen LogP contribution in [0, 0.1) is 0 Å².